The monoisotopic (exact) mass is 284 g/mol. The van der Waals surface area contributed by atoms with E-state index in [1.165, 1.54) is 0 Å². The van der Waals surface area contributed by atoms with E-state index in [-0.39, 0.29) is 0 Å². The summed E-state index contributed by atoms with van der Waals surface area (Å²) in [5, 5.41) is 8.20. The molecule has 0 aliphatic carbocycles. The highest BCUT2D eigenvalue weighted by atomic mass is 35.5. The maximum atomic E-state index is 5.95. The van der Waals surface area contributed by atoms with Crippen LogP contribution >= 0.6 is 11.6 Å². The summed E-state index contributed by atoms with van der Waals surface area (Å²) in [6, 6.07) is 13.6. The summed E-state index contributed by atoms with van der Waals surface area (Å²) < 4.78 is 1.72. The van der Waals surface area contributed by atoms with E-state index in [0.29, 0.717) is 6.54 Å². The molecule has 1 N–H and O–H groups in total. The Kier molecular flexibility index (Phi) is 3.65. The minimum Gasteiger partial charge on any atom is -0.380 e. The van der Waals surface area contributed by atoms with Crippen molar-refractivity contribution in [3.63, 3.8) is 0 Å². The SMILES string of the molecule is Clc1cccc(CNc2ccc(-n3cccn3)nc2)c1. The lowest BCUT2D eigenvalue weighted by Crippen LogP contribution is -2.02. The van der Waals surface area contributed by atoms with Crippen molar-refractivity contribution in [2.75, 3.05) is 5.32 Å². The van der Waals surface area contributed by atoms with E-state index < -0.39 is 0 Å². The number of aromatic nitrogens is 3. The molecule has 0 aliphatic rings. The molecule has 0 unspecified atom stereocenters. The van der Waals surface area contributed by atoms with Gasteiger partial charge in [0.2, 0.25) is 0 Å². The van der Waals surface area contributed by atoms with Crippen LogP contribution in [-0.2, 0) is 6.54 Å². The second-order valence-electron chi connectivity index (χ2n) is 4.34. The van der Waals surface area contributed by atoms with Gasteiger partial charge in [-0.3, -0.25) is 0 Å². The van der Waals surface area contributed by atoms with Crippen molar-refractivity contribution in [1.29, 1.82) is 0 Å². The van der Waals surface area contributed by atoms with Crippen molar-refractivity contribution in [3.8, 4) is 5.82 Å². The highest BCUT2D eigenvalue weighted by Crippen LogP contribution is 2.13. The standard InChI is InChI=1S/C15H13ClN4/c16-13-4-1-3-12(9-13)10-17-14-5-6-15(18-11-14)20-8-2-7-19-20/h1-9,11,17H,10H2. The number of halogens is 1. The van der Waals surface area contributed by atoms with E-state index >= 15 is 0 Å². The smallest absolute Gasteiger partial charge is 0.153 e. The molecule has 0 saturated heterocycles. The van der Waals surface area contributed by atoms with Crippen molar-refractivity contribution in [1.82, 2.24) is 14.8 Å². The fraction of sp³-hybridized carbons (Fsp3) is 0.0667. The highest BCUT2D eigenvalue weighted by Gasteiger charge is 1.99. The van der Waals surface area contributed by atoms with Gasteiger partial charge < -0.3 is 5.32 Å². The third kappa shape index (κ3) is 2.97. The van der Waals surface area contributed by atoms with E-state index in [2.05, 4.69) is 15.4 Å². The summed E-state index contributed by atoms with van der Waals surface area (Å²) >= 11 is 5.95. The van der Waals surface area contributed by atoms with Crippen LogP contribution in [0.15, 0.2) is 61.1 Å². The Morgan fingerprint density at radius 2 is 2.10 bits per heavy atom. The lowest BCUT2D eigenvalue weighted by Gasteiger charge is -2.07. The molecular formula is C15H13ClN4. The molecule has 3 aromatic rings. The van der Waals surface area contributed by atoms with Crippen molar-refractivity contribution in [2.24, 2.45) is 0 Å². The molecule has 2 aromatic heterocycles. The van der Waals surface area contributed by atoms with Gasteiger partial charge in [-0.25, -0.2) is 9.67 Å². The van der Waals surface area contributed by atoms with Crippen LogP contribution in [0.3, 0.4) is 0 Å². The Balaban J connectivity index is 1.67. The summed E-state index contributed by atoms with van der Waals surface area (Å²) in [5.41, 5.74) is 2.09. The summed E-state index contributed by atoms with van der Waals surface area (Å²) in [7, 11) is 0. The maximum absolute atomic E-state index is 5.95. The van der Waals surface area contributed by atoms with Crippen molar-refractivity contribution >= 4 is 17.3 Å². The van der Waals surface area contributed by atoms with E-state index in [9.17, 15) is 0 Å². The Labute approximate surface area is 122 Å². The van der Waals surface area contributed by atoms with Crippen LogP contribution in [0.25, 0.3) is 5.82 Å². The van der Waals surface area contributed by atoms with Crippen molar-refractivity contribution in [2.45, 2.75) is 6.54 Å². The molecule has 0 amide bonds. The molecule has 20 heavy (non-hydrogen) atoms. The average molecular weight is 285 g/mol. The minimum atomic E-state index is 0.712. The van der Waals surface area contributed by atoms with Gasteiger partial charge in [0, 0.05) is 24.0 Å². The van der Waals surface area contributed by atoms with E-state index in [0.717, 1.165) is 22.1 Å². The topological polar surface area (TPSA) is 42.7 Å². The van der Waals surface area contributed by atoms with E-state index in [4.69, 9.17) is 11.6 Å². The summed E-state index contributed by atoms with van der Waals surface area (Å²) in [4.78, 5) is 4.36. The average Bonchev–Trinajstić information content (AvgIpc) is 3.00. The molecule has 2 heterocycles. The van der Waals surface area contributed by atoms with E-state index in [1.807, 2.05) is 48.7 Å². The van der Waals surface area contributed by atoms with Gasteiger partial charge in [-0.15, -0.1) is 0 Å². The molecule has 0 bridgehead atoms. The molecule has 0 fully saturated rings. The van der Waals surface area contributed by atoms with Crippen LogP contribution in [0.2, 0.25) is 5.02 Å². The van der Waals surface area contributed by atoms with Gasteiger partial charge in [0.15, 0.2) is 5.82 Å². The van der Waals surface area contributed by atoms with Gasteiger partial charge in [0.25, 0.3) is 0 Å². The predicted molar refractivity (Wildman–Crippen MR) is 80.1 cm³/mol. The molecule has 0 atom stereocenters. The van der Waals surface area contributed by atoms with Gasteiger partial charge in [-0.2, -0.15) is 5.10 Å². The van der Waals surface area contributed by atoms with Crippen LogP contribution in [0.5, 0.6) is 0 Å². The molecule has 4 nitrogen and oxygen atoms in total. The number of benzene rings is 1. The Morgan fingerprint density at radius 1 is 1.15 bits per heavy atom. The summed E-state index contributed by atoms with van der Waals surface area (Å²) in [6.07, 6.45) is 5.38. The zero-order valence-electron chi connectivity index (χ0n) is 10.7. The van der Waals surface area contributed by atoms with Crippen LogP contribution < -0.4 is 5.32 Å². The number of anilines is 1. The lowest BCUT2D eigenvalue weighted by molar-refractivity contribution is 0.847. The molecular weight excluding hydrogens is 272 g/mol. The Bertz CT molecular complexity index is 677. The molecule has 5 heteroatoms. The van der Waals surface area contributed by atoms with E-state index in [1.54, 1.807) is 17.1 Å². The second kappa shape index (κ2) is 5.75. The molecule has 0 radical (unpaired) electrons. The summed E-state index contributed by atoms with van der Waals surface area (Å²) in [5.74, 6) is 0.795. The molecule has 0 aliphatic heterocycles. The first kappa shape index (κ1) is 12.7. The number of nitrogens with zero attached hydrogens (tertiary/aromatic N) is 3. The quantitative estimate of drug-likeness (QED) is 0.797. The Morgan fingerprint density at radius 3 is 2.80 bits per heavy atom. The lowest BCUT2D eigenvalue weighted by atomic mass is 10.2. The number of hydrogen-bond acceptors (Lipinski definition) is 3. The number of nitrogens with one attached hydrogen (secondary N) is 1. The van der Waals surface area contributed by atoms with Crippen molar-refractivity contribution < 1.29 is 0 Å². The fourth-order valence-corrected chi connectivity index (χ4v) is 2.09. The molecule has 0 spiro atoms. The normalized spacial score (nSPS) is 10.4. The first-order valence-corrected chi connectivity index (χ1v) is 6.63. The third-order valence-corrected chi connectivity index (χ3v) is 3.11. The maximum Gasteiger partial charge on any atom is 0.153 e. The number of hydrogen-bond donors (Lipinski definition) is 1. The van der Waals surface area contributed by atoms with Crippen LogP contribution in [0.1, 0.15) is 5.56 Å². The predicted octanol–water partition coefficient (Wildman–Crippen LogP) is 3.53. The Hall–Kier alpha value is -2.33. The van der Waals surface area contributed by atoms with Gasteiger partial charge in [-0.05, 0) is 35.9 Å². The minimum absolute atomic E-state index is 0.712. The zero-order valence-corrected chi connectivity index (χ0v) is 11.5. The van der Waals surface area contributed by atoms with Gasteiger partial charge in [-0.1, -0.05) is 23.7 Å². The number of pyridine rings is 1. The van der Waals surface area contributed by atoms with Gasteiger partial charge >= 0.3 is 0 Å². The second-order valence-corrected chi connectivity index (χ2v) is 4.78. The first-order chi connectivity index (χ1) is 9.81. The zero-order chi connectivity index (χ0) is 13.8. The highest BCUT2D eigenvalue weighted by molar-refractivity contribution is 6.30. The largest absolute Gasteiger partial charge is 0.380 e. The van der Waals surface area contributed by atoms with Gasteiger partial charge in [0.1, 0.15) is 0 Å². The van der Waals surface area contributed by atoms with Gasteiger partial charge in [0.05, 0.1) is 11.9 Å². The molecule has 0 saturated carbocycles. The number of rotatable bonds is 4. The molecule has 100 valence electrons. The summed E-state index contributed by atoms with van der Waals surface area (Å²) in [6.45, 7) is 0.712. The molecule has 3 rings (SSSR count). The van der Waals surface area contributed by atoms with Crippen LogP contribution in [0, 0.1) is 0 Å². The molecule has 1 aromatic carbocycles. The first-order valence-electron chi connectivity index (χ1n) is 6.26. The van der Waals surface area contributed by atoms with Crippen LogP contribution in [-0.4, -0.2) is 14.8 Å². The van der Waals surface area contributed by atoms with Crippen LogP contribution in [0.4, 0.5) is 5.69 Å². The third-order valence-electron chi connectivity index (χ3n) is 2.87. The van der Waals surface area contributed by atoms with Crippen molar-refractivity contribution in [3.05, 3.63) is 71.6 Å². The fourth-order valence-electron chi connectivity index (χ4n) is 1.88.